The van der Waals surface area contributed by atoms with E-state index < -0.39 is 0 Å². The lowest BCUT2D eigenvalue weighted by atomic mass is 9.85. The van der Waals surface area contributed by atoms with Crippen LogP contribution in [0.3, 0.4) is 0 Å². The van der Waals surface area contributed by atoms with Crippen LogP contribution in [0.4, 0.5) is 5.82 Å². The predicted molar refractivity (Wildman–Crippen MR) is 83.8 cm³/mol. The largest absolute Gasteiger partial charge is 0.355 e. The van der Waals surface area contributed by atoms with Crippen molar-refractivity contribution in [2.24, 2.45) is 5.92 Å². The van der Waals surface area contributed by atoms with E-state index in [-0.39, 0.29) is 0 Å². The molecule has 1 aliphatic carbocycles. The summed E-state index contributed by atoms with van der Waals surface area (Å²) in [5.74, 6) is 1.75. The lowest BCUT2D eigenvalue weighted by Crippen LogP contribution is -2.39. The normalized spacial score (nSPS) is 23.1. The van der Waals surface area contributed by atoms with Gasteiger partial charge < -0.3 is 10.2 Å². The van der Waals surface area contributed by atoms with Crippen LogP contribution in [-0.4, -0.2) is 29.3 Å². The number of nitrogens with one attached hydrogen (secondary N) is 1. The molecule has 0 amide bonds. The molecule has 2 unspecified atom stereocenters. The second kappa shape index (κ2) is 7.02. The molecule has 1 aromatic heterocycles. The molecule has 0 saturated heterocycles. The van der Waals surface area contributed by atoms with Crippen LogP contribution in [0.1, 0.15) is 52.1 Å². The Hall–Kier alpha value is -1.16. The maximum Gasteiger partial charge on any atom is 0.151 e. The third-order valence-corrected chi connectivity index (χ3v) is 4.32. The molecule has 1 aliphatic rings. The topological polar surface area (TPSA) is 41.0 Å². The second-order valence-corrected chi connectivity index (χ2v) is 6.36. The van der Waals surface area contributed by atoms with Gasteiger partial charge in [-0.2, -0.15) is 5.10 Å². The van der Waals surface area contributed by atoms with Crippen molar-refractivity contribution < 1.29 is 0 Å². The van der Waals surface area contributed by atoms with Crippen molar-refractivity contribution in [3.8, 4) is 0 Å². The van der Waals surface area contributed by atoms with Crippen LogP contribution in [0, 0.1) is 5.92 Å². The third-order valence-electron chi connectivity index (χ3n) is 4.32. The number of anilines is 1. The van der Waals surface area contributed by atoms with Crippen molar-refractivity contribution >= 4 is 5.82 Å². The highest BCUT2D eigenvalue weighted by molar-refractivity contribution is 5.38. The molecule has 0 bridgehead atoms. The van der Waals surface area contributed by atoms with Gasteiger partial charge in [0.25, 0.3) is 0 Å². The van der Waals surface area contributed by atoms with Crippen molar-refractivity contribution in [1.29, 1.82) is 0 Å². The van der Waals surface area contributed by atoms with Crippen LogP contribution in [0.15, 0.2) is 12.1 Å². The van der Waals surface area contributed by atoms with E-state index in [0.29, 0.717) is 12.1 Å². The Kier molecular flexibility index (Phi) is 5.35. The Morgan fingerprint density at radius 2 is 2.00 bits per heavy atom. The Labute approximate surface area is 123 Å². The lowest BCUT2D eigenvalue weighted by molar-refractivity contribution is 0.320. The van der Waals surface area contributed by atoms with Gasteiger partial charge in [0.15, 0.2) is 5.82 Å². The molecule has 1 aromatic rings. The molecule has 1 N–H and O–H groups in total. The van der Waals surface area contributed by atoms with Gasteiger partial charge in [-0.1, -0.05) is 33.6 Å². The third kappa shape index (κ3) is 3.92. The molecule has 0 spiro atoms. The van der Waals surface area contributed by atoms with Gasteiger partial charge in [0, 0.05) is 25.7 Å². The smallest absolute Gasteiger partial charge is 0.151 e. The summed E-state index contributed by atoms with van der Waals surface area (Å²) in [6, 6.07) is 5.27. The monoisotopic (exact) mass is 276 g/mol. The lowest BCUT2D eigenvalue weighted by Gasteiger charge is -2.36. The first kappa shape index (κ1) is 15.2. The van der Waals surface area contributed by atoms with Gasteiger partial charge in [-0.25, -0.2) is 0 Å². The van der Waals surface area contributed by atoms with Crippen LogP contribution in [-0.2, 0) is 6.54 Å². The Bertz CT molecular complexity index is 401. The van der Waals surface area contributed by atoms with E-state index in [9.17, 15) is 0 Å². The minimum Gasteiger partial charge on any atom is -0.355 e. The predicted octanol–water partition coefficient (Wildman–Crippen LogP) is 2.99. The molecule has 4 nitrogen and oxygen atoms in total. The van der Waals surface area contributed by atoms with E-state index in [2.05, 4.69) is 60.4 Å². The fraction of sp³-hybridized carbons (Fsp3) is 0.750. The maximum atomic E-state index is 4.40. The van der Waals surface area contributed by atoms with Crippen molar-refractivity contribution in [1.82, 2.24) is 15.5 Å². The van der Waals surface area contributed by atoms with E-state index in [1.807, 2.05) is 0 Å². The van der Waals surface area contributed by atoms with E-state index in [1.54, 1.807) is 0 Å². The van der Waals surface area contributed by atoms with Crippen molar-refractivity contribution in [2.75, 3.05) is 11.9 Å². The first-order chi connectivity index (χ1) is 9.58. The molecule has 2 rings (SSSR count). The molecule has 0 aromatic carbocycles. The number of nitrogens with zero attached hydrogens (tertiary/aromatic N) is 3. The average Bonchev–Trinajstić information content (AvgIpc) is 2.45. The van der Waals surface area contributed by atoms with Crippen molar-refractivity contribution in [3.05, 3.63) is 17.8 Å². The van der Waals surface area contributed by atoms with Crippen LogP contribution < -0.4 is 10.2 Å². The first-order valence-corrected chi connectivity index (χ1v) is 7.86. The van der Waals surface area contributed by atoms with Gasteiger partial charge in [0.05, 0.1) is 5.69 Å². The summed E-state index contributed by atoms with van der Waals surface area (Å²) in [7, 11) is 2.16. The molecule has 4 heteroatoms. The zero-order valence-corrected chi connectivity index (χ0v) is 13.3. The van der Waals surface area contributed by atoms with Gasteiger partial charge >= 0.3 is 0 Å². The van der Waals surface area contributed by atoms with Gasteiger partial charge in [0.2, 0.25) is 0 Å². The molecule has 112 valence electrons. The van der Waals surface area contributed by atoms with Gasteiger partial charge in [-0.05, 0) is 30.9 Å². The zero-order chi connectivity index (χ0) is 14.5. The number of aromatic nitrogens is 2. The summed E-state index contributed by atoms with van der Waals surface area (Å²) in [5, 5.41) is 12.1. The number of hydrogen-bond donors (Lipinski definition) is 1. The molecule has 20 heavy (non-hydrogen) atoms. The van der Waals surface area contributed by atoms with Gasteiger partial charge in [-0.3, -0.25) is 0 Å². The van der Waals surface area contributed by atoms with E-state index in [4.69, 9.17) is 0 Å². The highest BCUT2D eigenvalue weighted by Crippen LogP contribution is 2.29. The van der Waals surface area contributed by atoms with Crippen LogP contribution in [0.25, 0.3) is 0 Å². The summed E-state index contributed by atoms with van der Waals surface area (Å²) < 4.78 is 0. The summed E-state index contributed by atoms with van der Waals surface area (Å²) in [6.45, 7) is 7.42. The number of rotatable bonds is 5. The molecule has 1 saturated carbocycles. The maximum absolute atomic E-state index is 4.40. The number of hydrogen-bond acceptors (Lipinski definition) is 4. The fourth-order valence-electron chi connectivity index (χ4n) is 2.99. The van der Waals surface area contributed by atoms with E-state index >= 15 is 0 Å². The minimum atomic E-state index is 0.474. The Balaban J connectivity index is 1.97. The van der Waals surface area contributed by atoms with Crippen LogP contribution in [0.2, 0.25) is 0 Å². The molecule has 1 heterocycles. The Morgan fingerprint density at radius 3 is 2.60 bits per heavy atom. The Morgan fingerprint density at radius 1 is 1.25 bits per heavy atom. The van der Waals surface area contributed by atoms with Crippen LogP contribution >= 0.6 is 0 Å². The second-order valence-electron chi connectivity index (χ2n) is 6.36. The van der Waals surface area contributed by atoms with Crippen molar-refractivity contribution in [2.45, 2.75) is 65.1 Å². The summed E-state index contributed by atoms with van der Waals surface area (Å²) in [5.41, 5.74) is 1.01. The summed E-state index contributed by atoms with van der Waals surface area (Å²) in [6.07, 6.45) is 5.31. The molecule has 0 radical (unpaired) electrons. The average molecular weight is 276 g/mol. The van der Waals surface area contributed by atoms with Crippen molar-refractivity contribution in [3.63, 3.8) is 0 Å². The summed E-state index contributed by atoms with van der Waals surface area (Å²) >= 11 is 0. The van der Waals surface area contributed by atoms with Gasteiger partial charge in [-0.15, -0.1) is 5.10 Å². The van der Waals surface area contributed by atoms with E-state index in [0.717, 1.165) is 24.0 Å². The molecular weight excluding hydrogens is 248 g/mol. The van der Waals surface area contributed by atoms with Gasteiger partial charge in [0.1, 0.15) is 0 Å². The molecular formula is C16H28N4. The first-order valence-electron chi connectivity index (χ1n) is 7.86. The fourth-order valence-corrected chi connectivity index (χ4v) is 2.99. The van der Waals surface area contributed by atoms with Crippen LogP contribution in [0.5, 0.6) is 0 Å². The SMILES string of the molecule is CC(C)NCc1ccc(N(C)C2CCCCC2C)nn1. The highest BCUT2D eigenvalue weighted by Gasteiger charge is 2.25. The summed E-state index contributed by atoms with van der Waals surface area (Å²) in [4.78, 5) is 2.32. The molecule has 1 fully saturated rings. The molecule has 0 aliphatic heterocycles. The quantitative estimate of drug-likeness (QED) is 0.897. The van der Waals surface area contributed by atoms with E-state index in [1.165, 1.54) is 25.7 Å². The minimum absolute atomic E-state index is 0.474. The highest BCUT2D eigenvalue weighted by atomic mass is 15.3. The molecule has 2 atom stereocenters. The zero-order valence-electron chi connectivity index (χ0n) is 13.3. The standard InChI is InChI=1S/C16H28N4/c1-12(2)17-11-14-9-10-16(19-18-14)20(4)15-8-6-5-7-13(15)3/h9-10,12-13,15,17H,5-8,11H2,1-4H3.